The number of anilines is 2. The minimum Gasteiger partial charge on any atom is -0.378 e. The first-order valence-corrected chi connectivity index (χ1v) is 10.5. The predicted octanol–water partition coefficient (Wildman–Crippen LogP) is 4.90. The second-order valence-corrected chi connectivity index (χ2v) is 8.62. The highest BCUT2D eigenvalue weighted by atomic mass is 32.2. The summed E-state index contributed by atoms with van der Waals surface area (Å²) in [7, 11) is -3.58. The Morgan fingerprint density at radius 1 is 0.963 bits per heavy atom. The molecule has 4 rings (SSSR count). The number of nitrogens with one attached hydrogen (secondary N) is 2. The number of benzene rings is 3. The van der Waals surface area contributed by atoms with Crippen molar-refractivity contribution in [1.82, 2.24) is 0 Å². The van der Waals surface area contributed by atoms with E-state index in [0.29, 0.717) is 5.69 Å². The Labute approximate surface area is 160 Å². The van der Waals surface area contributed by atoms with Gasteiger partial charge in [-0.05, 0) is 61.2 Å². The van der Waals surface area contributed by atoms with E-state index in [2.05, 4.69) is 34.3 Å². The second kappa shape index (κ2) is 7.08. The Kier molecular flexibility index (Phi) is 4.62. The third-order valence-corrected chi connectivity index (χ3v) is 6.32. The summed E-state index contributed by atoms with van der Waals surface area (Å²) in [5.41, 5.74) is 5.09. The van der Waals surface area contributed by atoms with Crippen molar-refractivity contribution < 1.29 is 8.42 Å². The molecule has 1 aliphatic heterocycles. The van der Waals surface area contributed by atoms with Crippen LogP contribution in [0.2, 0.25) is 0 Å². The van der Waals surface area contributed by atoms with E-state index in [9.17, 15) is 8.42 Å². The number of fused-ring (bicyclic) bond motifs is 1. The number of hydrogen-bond acceptors (Lipinski definition) is 3. The van der Waals surface area contributed by atoms with Crippen molar-refractivity contribution in [3.8, 4) is 0 Å². The van der Waals surface area contributed by atoms with Crippen molar-refractivity contribution in [2.45, 2.75) is 30.7 Å². The van der Waals surface area contributed by atoms with Crippen LogP contribution in [0.1, 0.15) is 29.2 Å². The molecule has 0 saturated carbocycles. The molecule has 2 N–H and O–H groups in total. The lowest BCUT2D eigenvalue weighted by Crippen LogP contribution is -2.18. The van der Waals surface area contributed by atoms with Gasteiger partial charge in [-0.15, -0.1) is 0 Å². The lowest BCUT2D eigenvalue weighted by atomic mass is 9.93. The third kappa shape index (κ3) is 3.83. The maximum absolute atomic E-state index is 12.6. The van der Waals surface area contributed by atoms with Gasteiger partial charge in [-0.3, -0.25) is 4.72 Å². The van der Waals surface area contributed by atoms with Crippen molar-refractivity contribution >= 4 is 21.4 Å². The highest BCUT2D eigenvalue weighted by molar-refractivity contribution is 7.92. The number of hydrogen-bond donors (Lipinski definition) is 2. The minimum atomic E-state index is -3.58. The summed E-state index contributed by atoms with van der Waals surface area (Å²) in [6.45, 7) is 1.93. The first-order valence-electron chi connectivity index (χ1n) is 9.05. The van der Waals surface area contributed by atoms with E-state index >= 15 is 0 Å². The molecule has 3 aromatic carbocycles. The Bertz CT molecular complexity index is 1050. The average molecular weight is 378 g/mol. The number of sulfonamides is 1. The van der Waals surface area contributed by atoms with Crippen LogP contribution in [0, 0.1) is 6.92 Å². The van der Waals surface area contributed by atoms with Crippen LogP contribution in [0.4, 0.5) is 11.4 Å². The van der Waals surface area contributed by atoms with Crippen molar-refractivity contribution in [2.24, 2.45) is 0 Å². The van der Waals surface area contributed by atoms with Crippen LogP contribution in [-0.4, -0.2) is 8.42 Å². The fourth-order valence-electron chi connectivity index (χ4n) is 3.43. The zero-order chi connectivity index (χ0) is 18.9. The minimum absolute atomic E-state index is 0.271. The molecule has 1 atom stereocenters. The van der Waals surface area contributed by atoms with Gasteiger partial charge in [0.1, 0.15) is 0 Å². The van der Waals surface area contributed by atoms with Crippen LogP contribution in [0.15, 0.2) is 77.7 Å². The Hall–Kier alpha value is -2.79. The molecule has 0 radical (unpaired) electrons. The molecule has 5 heteroatoms. The molecule has 0 spiro atoms. The van der Waals surface area contributed by atoms with Gasteiger partial charge in [0.2, 0.25) is 0 Å². The summed E-state index contributed by atoms with van der Waals surface area (Å²) in [6, 6.07) is 23.2. The molecule has 1 unspecified atom stereocenters. The summed E-state index contributed by atoms with van der Waals surface area (Å²) >= 11 is 0. The van der Waals surface area contributed by atoms with Gasteiger partial charge in [0, 0.05) is 11.4 Å². The van der Waals surface area contributed by atoms with E-state index in [0.717, 1.165) is 29.7 Å². The van der Waals surface area contributed by atoms with Crippen molar-refractivity contribution in [3.63, 3.8) is 0 Å². The van der Waals surface area contributed by atoms with Crippen LogP contribution in [-0.2, 0) is 16.4 Å². The van der Waals surface area contributed by atoms with Gasteiger partial charge >= 0.3 is 0 Å². The third-order valence-electron chi connectivity index (χ3n) is 4.92. The molecule has 0 aliphatic carbocycles. The fourth-order valence-corrected chi connectivity index (χ4v) is 4.48. The smallest absolute Gasteiger partial charge is 0.261 e. The summed E-state index contributed by atoms with van der Waals surface area (Å²) < 4.78 is 27.9. The molecule has 1 heterocycles. The molecular formula is C22H22N2O2S. The lowest BCUT2D eigenvalue weighted by molar-refractivity contribution is 0.601. The molecule has 27 heavy (non-hydrogen) atoms. The van der Waals surface area contributed by atoms with Gasteiger partial charge in [-0.25, -0.2) is 8.42 Å². The number of aryl methyl sites for hydroxylation is 2. The molecule has 1 aliphatic rings. The van der Waals surface area contributed by atoms with E-state index in [1.165, 1.54) is 5.56 Å². The van der Waals surface area contributed by atoms with Crippen LogP contribution >= 0.6 is 0 Å². The van der Waals surface area contributed by atoms with Gasteiger partial charge in [0.05, 0.1) is 10.9 Å². The van der Waals surface area contributed by atoms with Gasteiger partial charge in [-0.2, -0.15) is 0 Å². The molecule has 0 saturated heterocycles. The SMILES string of the molecule is Cc1ccc(S(=O)(=O)Nc2ccc3c(c2)CCC(c2ccccc2)N3)cc1. The molecule has 138 valence electrons. The number of rotatable bonds is 4. The molecule has 4 nitrogen and oxygen atoms in total. The average Bonchev–Trinajstić information content (AvgIpc) is 2.68. The summed E-state index contributed by atoms with van der Waals surface area (Å²) in [4.78, 5) is 0.271. The zero-order valence-electron chi connectivity index (χ0n) is 15.1. The molecule has 3 aromatic rings. The van der Waals surface area contributed by atoms with E-state index in [-0.39, 0.29) is 10.9 Å². The standard InChI is InChI=1S/C22H22N2O2S/c1-16-7-11-20(12-8-16)27(25,26)24-19-10-14-22-18(15-19)9-13-21(23-22)17-5-3-2-4-6-17/h2-8,10-12,14-15,21,23-24H,9,13H2,1H3. The van der Waals surface area contributed by atoms with E-state index in [4.69, 9.17) is 0 Å². The summed E-state index contributed by atoms with van der Waals surface area (Å²) in [5, 5.41) is 3.56. The molecular weight excluding hydrogens is 356 g/mol. The van der Waals surface area contributed by atoms with Crippen molar-refractivity contribution in [3.05, 3.63) is 89.5 Å². The maximum atomic E-state index is 12.6. The van der Waals surface area contributed by atoms with E-state index < -0.39 is 10.0 Å². The Balaban J connectivity index is 1.53. The Morgan fingerprint density at radius 2 is 1.70 bits per heavy atom. The monoisotopic (exact) mass is 378 g/mol. The fraction of sp³-hybridized carbons (Fsp3) is 0.182. The van der Waals surface area contributed by atoms with Gasteiger partial charge in [0.15, 0.2) is 0 Å². The maximum Gasteiger partial charge on any atom is 0.261 e. The summed E-state index contributed by atoms with van der Waals surface area (Å²) in [6.07, 6.45) is 1.88. The highest BCUT2D eigenvalue weighted by Gasteiger charge is 2.20. The quantitative estimate of drug-likeness (QED) is 0.679. The first-order chi connectivity index (χ1) is 13.0. The molecule has 0 bridgehead atoms. The molecule has 0 fully saturated rings. The summed E-state index contributed by atoms with van der Waals surface area (Å²) in [5.74, 6) is 0. The van der Waals surface area contributed by atoms with E-state index in [1.54, 1.807) is 24.3 Å². The van der Waals surface area contributed by atoms with Crippen LogP contribution < -0.4 is 10.0 Å². The highest BCUT2D eigenvalue weighted by Crippen LogP contribution is 2.34. The van der Waals surface area contributed by atoms with E-state index in [1.807, 2.05) is 31.2 Å². The molecule has 0 amide bonds. The zero-order valence-corrected chi connectivity index (χ0v) is 16.0. The van der Waals surface area contributed by atoms with Crippen molar-refractivity contribution in [1.29, 1.82) is 0 Å². The normalized spacial score (nSPS) is 16.3. The van der Waals surface area contributed by atoms with Crippen molar-refractivity contribution in [2.75, 3.05) is 10.0 Å². The van der Waals surface area contributed by atoms with Gasteiger partial charge in [0.25, 0.3) is 10.0 Å². The van der Waals surface area contributed by atoms with Gasteiger partial charge < -0.3 is 5.32 Å². The second-order valence-electron chi connectivity index (χ2n) is 6.94. The van der Waals surface area contributed by atoms with Crippen LogP contribution in [0.5, 0.6) is 0 Å². The molecule has 0 aromatic heterocycles. The Morgan fingerprint density at radius 3 is 2.44 bits per heavy atom. The largest absolute Gasteiger partial charge is 0.378 e. The van der Waals surface area contributed by atoms with Crippen LogP contribution in [0.25, 0.3) is 0 Å². The van der Waals surface area contributed by atoms with Gasteiger partial charge in [-0.1, -0.05) is 48.0 Å². The first kappa shape index (κ1) is 17.6. The topological polar surface area (TPSA) is 58.2 Å². The predicted molar refractivity (Wildman–Crippen MR) is 110 cm³/mol. The van der Waals surface area contributed by atoms with Crippen LogP contribution in [0.3, 0.4) is 0 Å². The lowest BCUT2D eigenvalue weighted by Gasteiger charge is -2.28.